The van der Waals surface area contributed by atoms with Crippen LogP contribution < -0.4 is 16.2 Å². The van der Waals surface area contributed by atoms with E-state index in [-0.39, 0.29) is 17.4 Å². The number of rotatable bonds is 7. The Bertz CT molecular complexity index is 1350. The molecule has 1 unspecified atom stereocenters. The van der Waals surface area contributed by atoms with Crippen LogP contribution in [0, 0.1) is 0 Å². The Morgan fingerprint density at radius 2 is 1.73 bits per heavy atom. The number of fused-ring (bicyclic) bond motifs is 1. The summed E-state index contributed by atoms with van der Waals surface area (Å²) in [5.41, 5.74) is 2.88. The number of H-pyrrole nitrogens is 1. The molecule has 2 heterocycles. The van der Waals surface area contributed by atoms with Crippen molar-refractivity contribution < 1.29 is 9.59 Å². The summed E-state index contributed by atoms with van der Waals surface area (Å²) in [6.45, 7) is 3.35. The number of nitrogens with one attached hydrogen (secondary N) is 3. The lowest BCUT2D eigenvalue weighted by Gasteiger charge is -2.14. The van der Waals surface area contributed by atoms with Crippen LogP contribution >= 0.6 is 23.1 Å². The lowest BCUT2D eigenvalue weighted by atomic mass is 10.1. The first-order valence-electron chi connectivity index (χ1n) is 10.4. The van der Waals surface area contributed by atoms with E-state index in [0.717, 1.165) is 11.1 Å². The number of aromatic nitrogens is 2. The van der Waals surface area contributed by atoms with Gasteiger partial charge in [-0.05, 0) is 36.2 Å². The summed E-state index contributed by atoms with van der Waals surface area (Å²) in [4.78, 5) is 44.9. The largest absolute Gasteiger partial charge is 0.326 e. The van der Waals surface area contributed by atoms with Crippen molar-refractivity contribution >= 4 is 56.5 Å². The summed E-state index contributed by atoms with van der Waals surface area (Å²) >= 11 is 2.65. The SMILES string of the molecule is CCC(Sc1nc2scc(-c3ccccc3)c2c(=O)[nH]1)C(=O)Nc1ccc(NC(C)=O)cc1. The van der Waals surface area contributed by atoms with Gasteiger partial charge in [-0.3, -0.25) is 14.4 Å². The third-order valence-electron chi connectivity index (χ3n) is 4.90. The molecule has 9 heteroatoms. The monoisotopic (exact) mass is 478 g/mol. The molecule has 33 heavy (non-hydrogen) atoms. The fraction of sp³-hybridized carbons (Fsp3) is 0.167. The summed E-state index contributed by atoms with van der Waals surface area (Å²) < 4.78 is 0. The van der Waals surface area contributed by atoms with Crippen molar-refractivity contribution in [1.29, 1.82) is 0 Å². The maximum Gasteiger partial charge on any atom is 0.260 e. The predicted octanol–water partition coefficient (Wildman–Crippen LogP) is 5.12. The molecule has 0 aliphatic carbocycles. The Labute approximate surface area is 198 Å². The minimum Gasteiger partial charge on any atom is -0.326 e. The van der Waals surface area contributed by atoms with E-state index in [2.05, 4.69) is 20.6 Å². The van der Waals surface area contributed by atoms with Crippen LogP contribution in [0.2, 0.25) is 0 Å². The molecule has 4 aromatic rings. The zero-order valence-corrected chi connectivity index (χ0v) is 19.7. The molecule has 4 rings (SSSR count). The highest BCUT2D eigenvalue weighted by atomic mass is 32.2. The molecule has 7 nitrogen and oxygen atoms in total. The summed E-state index contributed by atoms with van der Waals surface area (Å²) in [5, 5.41) is 8.04. The molecule has 0 radical (unpaired) electrons. The molecule has 0 bridgehead atoms. The number of thioether (sulfide) groups is 1. The van der Waals surface area contributed by atoms with E-state index >= 15 is 0 Å². The molecule has 0 saturated carbocycles. The van der Waals surface area contributed by atoms with Crippen LogP contribution in [0.15, 0.2) is 69.9 Å². The minimum atomic E-state index is -0.436. The fourth-order valence-corrected chi connectivity index (χ4v) is 5.24. The number of benzene rings is 2. The van der Waals surface area contributed by atoms with Gasteiger partial charge >= 0.3 is 0 Å². The van der Waals surface area contributed by atoms with E-state index in [1.165, 1.54) is 30.0 Å². The highest BCUT2D eigenvalue weighted by Crippen LogP contribution is 2.32. The number of hydrogen-bond donors (Lipinski definition) is 3. The molecule has 2 amide bonds. The highest BCUT2D eigenvalue weighted by Gasteiger charge is 2.21. The van der Waals surface area contributed by atoms with Gasteiger partial charge in [0.15, 0.2) is 5.16 Å². The summed E-state index contributed by atoms with van der Waals surface area (Å²) in [6.07, 6.45) is 0.557. The Hall–Kier alpha value is -3.43. The van der Waals surface area contributed by atoms with Gasteiger partial charge in [0.1, 0.15) is 4.83 Å². The van der Waals surface area contributed by atoms with E-state index in [1.54, 1.807) is 24.3 Å². The van der Waals surface area contributed by atoms with E-state index in [1.807, 2.05) is 42.6 Å². The standard InChI is InChI=1S/C24H22N4O3S2/c1-3-19(21(30)26-17-11-9-16(10-12-17)25-14(2)29)33-24-27-22(31)20-18(13-32-23(20)28-24)15-7-5-4-6-8-15/h4-13,19H,3H2,1-2H3,(H,25,29)(H,26,30)(H,27,28,31). The van der Waals surface area contributed by atoms with Gasteiger partial charge in [-0.25, -0.2) is 4.98 Å². The predicted molar refractivity (Wildman–Crippen MR) is 135 cm³/mol. The van der Waals surface area contributed by atoms with Gasteiger partial charge < -0.3 is 15.6 Å². The number of hydrogen-bond acceptors (Lipinski definition) is 6. The Balaban J connectivity index is 1.51. The number of amides is 2. The minimum absolute atomic E-state index is 0.158. The first-order chi connectivity index (χ1) is 15.9. The van der Waals surface area contributed by atoms with Crippen LogP contribution in [-0.2, 0) is 9.59 Å². The zero-order valence-electron chi connectivity index (χ0n) is 18.0. The number of carbonyl (C=O) groups excluding carboxylic acids is 2. The fourth-order valence-electron chi connectivity index (χ4n) is 3.34. The number of anilines is 2. The summed E-state index contributed by atoms with van der Waals surface area (Å²) in [5.74, 6) is -0.344. The van der Waals surface area contributed by atoms with Gasteiger partial charge in [0, 0.05) is 29.2 Å². The van der Waals surface area contributed by atoms with Crippen molar-refractivity contribution in [2.24, 2.45) is 0 Å². The second kappa shape index (κ2) is 10.0. The van der Waals surface area contributed by atoms with Crippen molar-refractivity contribution in [3.63, 3.8) is 0 Å². The zero-order chi connectivity index (χ0) is 23.4. The second-order valence-corrected chi connectivity index (χ2v) is 9.38. The topological polar surface area (TPSA) is 104 Å². The van der Waals surface area contributed by atoms with Crippen LogP contribution in [0.25, 0.3) is 21.3 Å². The third kappa shape index (κ3) is 5.32. The van der Waals surface area contributed by atoms with Crippen molar-refractivity contribution in [2.45, 2.75) is 30.7 Å². The molecule has 0 spiro atoms. The molecule has 0 aliphatic rings. The first kappa shape index (κ1) is 22.8. The molecule has 0 aliphatic heterocycles. The van der Waals surface area contributed by atoms with Gasteiger partial charge in [-0.2, -0.15) is 0 Å². The van der Waals surface area contributed by atoms with Crippen LogP contribution in [0.4, 0.5) is 11.4 Å². The Morgan fingerprint density at radius 1 is 1.06 bits per heavy atom. The number of thiophene rings is 1. The Kier molecular flexibility index (Phi) is 6.90. The van der Waals surface area contributed by atoms with E-state index in [4.69, 9.17) is 0 Å². The van der Waals surface area contributed by atoms with Gasteiger partial charge in [-0.1, -0.05) is 49.0 Å². The van der Waals surface area contributed by atoms with Crippen LogP contribution in [-0.4, -0.2) is 27.0 Å². The molecule has 0 saturated heterocycles. The van der Waals surface area contributed by atoms with E-state index in [9.17, 15) is 14.4 Å². The van der Waals surface area contributed by atoms with Crippen LogP contribution in [0.3, 0.4) is 0 Å². The third-order valence-corrected chi connectivity index (χ3v) is 7.02. The van der Waals surface area contributed by atoms with Crippen molar-refractivity contribution in [2.75, 3.05) is 10.6 Å². The van der Waals surface area contributed by atoms with Crippen molar-refractivity contribution in [1.82, 2.24) is 9.97 Å². The molecule has 2 aromatic carbocycles. The smallest absolute Gasteiger partial charge is 0.260 e. The average Bonchev–Trinajstić information content (AvgIpc) is 3.23. The molecule has 2 aromatic heterocycles. The first-order valence-corrected chi connectivity index (χ1v) is 12.1. The molecular weight excluding hydrogens is 456 g/mol. The lowest BCUT2D eigenvalue weighted by molar-refractivity contribution is -0.116. The normalized spacial score (nSPS) is 11.8. The highest BCUT2D eigenvalue weighted by molar-refractivity contribution is 8.00. The van der Waals surface area contributed by atoms with E-state index < -0.39 is 5.25 Å². The van der Waals surface area contributed by atoms with Crippen LogP contribution in [0.5, 0.6) is 0 Å². The number of nitrogens with zero attached hydrogens (tertiary/aromatic N) is 1. The van der Waals surface area contributed by atoms with Gasteiger partial charge in [0.2, 0.25) is 11.8 Å². The maximum atomic E-state index is 12.9. The number of carbonyl (C=O) groups is 2. The maximum absolute atomic E-state index is 12.9. The molecule has 0 fully saturated rings. The quantitative estimate of drug-likeness (QED) is 0.253. The van der Waals surface area contributed by atoms with Gasteiger partial charge in [-0.15, -0.1) is 11.3 Å². The van der Waals surface area contributed by atoms with Crippen molar-refractivity contribution in [3.05, 3.63) is 70.3 Å². The molecule has 1 atom stereocenters. The summed E-state index contributed by atoms with van der Waals surface area (Å²) in [6, 6.07) is 16.6. The Morgan fingerprint density at radius 3 is 2.36 bits per heavy atom. The van der Waals surface area contributed by atoms with Gasteiger partial charge in [0.25, 0.3) is 5.56 Å². The molecule has 168 valence electrons. The second-order valence-electron chi connectivity index (χ2n) is 7.33. The number of aromatic amines is 1. The van der Waals surface area contributed by atoms with Crippen LogP contribution in [0.1, 0.15) is 20.3 Å². The lowest BCUT2D eigenvalue weighted by Crippen LogP contribution is -2.25. The summed E-state index contributed by atoms with van der Waals surface area (Å²) in [7, 11) is 0. The van der Waals surface area contributed by atoms with Crippen molar-refractivity contribution in [3.8, 4) is 11.1 Å². The van der Waals surface area contributed by atoms with Gasteiger partial charge in [0.05, 0.1) is 10.6 Å². The van der Waals surface area contributed by atoms with E-state index in [0.29, 0.717) is 33.2 Å². The average molecular weight is 479 g/mol. The molecule has 3 N–H and O–H groups in total. The molecular formula is C24H22N4O3S2.